The van der Waals surface area contributed by atoms with Crippen molar-refractivity contribution in [1.82, 2.24) is 16.0 Å². The molecule has 0 unspecified atom stereocenters. The Labute approximate surface area is 195 Å². The molecule has 0 saturated heterocycles. The number of Topliss-reactive ketones (excluding diaryl/α,β-unsaturated/α-hetero) is 1. The lowest BCUT2D eigenvalue weighted by Crippen LogP contribution is -2.45. The van der Waals surface area contributed by atoms with Crippen LogP contribution in [0.3, 0.4) is 0 Å². The number of ketones is 1. The van der Waals surface area contributed by atoms with Crippen molar-refractivity contribution >= 4 is 55.5 Å². The first kappa shape index (κ1) is 28.8. The van der Waals surface area contributed by atoms with E-state index in [0.29, 0.717) is 38.8 Å². The minimum atomic E-state index is -0.642. The lowest BCUT2D eigenvalue weighted by molar-refractivity contribution is -0.129. The molecule has 0 aromatic heterocycles. The summed E-state index contributed by atoms with van der Waals surface area (Å²) in [6.07, 6.45) is 4.11. The summed E-state index contributed by atoms with van der Waals surface area (Å²) in [6, 6.07) is -1.27. The van der Waals surface area contributed by atoms with Gasteiger partial charge in [0, 0.05) is 36.7 Å². The van der Waals surface area contributed by atoms with Crippen LogP contribution in [0.25, 0.3) is 0 Å². The summed E-state index contributed by atoms with van der Waals surface area (Å²) in [6.45, 7) is 2.52. The van der Waals surface area contributed by atoms with E-state index in [0.717, 1.165) is 23.5 Å². The first-order valence-electron chi connectivity index (χ1n) is 10.2. The molecular weight excluding hydrogens is 524 g/mol. The molecule has 0 fully saturated rings. The molecule has 11 heteroatoms. The predicted octanol–water partition coefficient (Wildman–Crippen LogP) is 1.75. The van der Waals surface area contributed by atoms with Crippen molar-refractivity contribution in [1.29, 1.82) is 0 Å². The van der Waals surface area contributed by atoms with Crippen LogP contribution in [0.2, 0.25) is 0 Å². The predicted molar refractivity (Wildman–Crippen MR) is 123 cm³/mol. The third-order valence-corrected chi connectivity index (χ3v) is 5.68. The summed E-state index contributed by atoms with van der Waals surface area (Å²) in [4.78, 5) is 46.6. The zero-order valence-corrected chi connectivity index (χ0v) is 20.7. The fourth-order valence-electron chi connectivity index (χ4n) is 2.54. The van der Waals surface area contributed by atoms with E-state index in [1.807, 2.05) is 0 Å². The van der Waals surface area contributed by atoms with E-state index in [1.165, 1.54) is 0 Å². The highest BCUT2D eigenvalue weighted by atomic mass is 79.9. The number of carbonyl (C=O) groups is 4. The number of primary amides is 1. The molecule has 0 radical (unpaired) electrons. The Morgan fingerprint density at radius 1 is 0.967 bits per heavy atom. The second-order valence-corrected chi connectivity index (χ2v) is 8.06. The Morgan fingerprint density at radius 3 is 2.27 bits per heavy atom. The van der Waals surface area contributed by atoms with E-state index in [-0.39, 0.29) is 30.8 Å². The highest BCUT2D eigenvalue weighted by Crippen LogP contribution is 2.05. The number of hydrogen-bond acceptors (Lipinski definition) is 5. The summed E-state index contributed by atoms with van der Waals surface area (Å²) >= 11 is 6.75. The molecule has 4 amide bonds. The minimum Gasteiger partial charge on any atom is -0.376 e. The number of halogens is 2. The van der Waals surface area contributed by atoms with Crippen molar-refractivity contribution in [2.24, 2.45) is 5.73 Å². The van der Waals surface area contributed by atoms with Crippen LogP contribution in [0, 0.1) is 0 Å². The number of carbonyl (C=O) groups excluding carboxylic acids is 4. The van der Waals surface area contributed by atoms with Gasteiger partial charge in [-0.25, -0.2) is 4.79 Å². The normalized spacial score (nSPS) is 11.7. The highest BCUT2D eigenvalue weighted by molar-refractivity contribution is 9.09. The number of nitrogens with one attached hydrogen (secondary N) is 3. The summed E-state index contributed by atoms with van der Waals surface area (Å²) in [5.74, 6) is -0.714. The lowest BCUT2D eigenvalue weighted by Gasteiger charge is -2.17. The van der Waals surface area contributed by atoms with Crippen molar-refractivity contribution in [3.8, 4) is 0 Å². The smallest absolute Gasteiger partial charge is 0.312 e. The van der Waals surface area contributed by atoms with Crippen molar-refractivity contribution in [2.75, 3.05) is 30.4 Å². The Morgan fingerprint density at radius 2 is 1.67 bits per heavy atom. The maximum Gasteiger partial charge on any atom is 0.312 e. The maximum atomic E-state index is 12.1. The van der Waals surface area contributed by atoms with Crippen LogP contribution in [0.15, 0.2) is 0 Å². The molecule has 0 saturated carbocycles. The molecule has 0 aliphatic carbocycles. The van der Waals surface area contributed by atoms with Gasteiger partial charge in [-0.05, 0) is 25.7 Å². The van der Waals surface area contributed by atoms with Gasteiger partial charge in [0.1, 0.15) is 0 Å². The van der Waals surface area contributed by atoms with Gasteiger partial charge in [-0.2, -0.15) is 0 Å². The van der Waals surface area contributed by atoms with Crippen LogP contribution in [-0.2, 0) is 19.1 Å². The number of nitrogens with two attached hydrogens (primary N) is 1. The average molecular weight is 558 g/mol. The van der Waals surface area contributed by atoms with E-state index in [1.54, 1.807) is 6.92 Å². The van der Waals surface area contributed by atoms with Crippen LogP contribution in [0.5, 0.6) is 0 Å². The van der Waals surface area contributed by atoms with Crippen molar-refractivity contribution in [2.45, 2.75) is 64.0 Å². The second kappa shape index (κ2) is 18.6. The zero-order chi connectivity index (χ0) is 22.8. The van der Waals surface area contributed by atoms with Gasteiger partial charge in [0.2, 0.25) is 11.8 Å². The van der Waals surface area contributed by atoms with E-state index >= 15 is 0 Å². The molecule has 0 aromatic carbocycles. The molecule has 9 nitrogen and oxygen atoms in total. The Bertz CT molecular complexity index is 533. The SMILES string of the molecule is CCC(=O)[C@H](CCCNC(N)=O)NC(=O)CNC(=O)CCCCCOC(CBr)CBr. The average Bonchev–Trinajstić information content (AvgIpc) is 2.73. The van der Waals surface area contributed by atoms with E-state index in [4.69, 9.17) is 10.5 Å². The largest absolute Gasteiger partial charge is 0.376 e. The Kier molecular flexibility index (Phi) is 17.8. The summed E-state index contributed by atoms with van der Waals surface area (Å²) < 4.78 is 5.64. The fraction of sp³-hybridized carbons (Fsp3) is 0.789. The molecule has 0 aliphatic rings. The van der Waals surface area contributed by atoms with Gasteiger partial charge in [0.05, 0.1) is 18.7 Å². The standard InChI is InChI=1S/C19H34Br2N4O5/c1-2-16(26)15(7-6-9-23-19(22)29)25-18(28)13-24-17(27)8-4-3-5-10-30-14(11-20)12-21/h14-15H,2-13H2,1H3,(H,24,27)(H,25,28)(H3,22,23,29)/t15-/m0/s1. The Hall–Kier alpha value is -1.20. The van der Waals surface area contributed by atoms with Gasteiger partial charge in [-0.15, -0.1) is 0 Å². The lowest BCUT2D eigenvalue weighted by atomic mass is 10.0. The number of alkyl halides is 2. The van der Waals surface area contributed by atoms with E-state index in [9.17, 15) is 19.2 Å². The van der Waals surface area contributed by atoms with Crippen molar-refractivity contribution < 1.29 is 23.9 Å². The van der Waals surface area contributed by atoms with Crippen LogP contribution in [0.4, 0.5) is 4.79 Å². The molecular formula is C19H34Br2N4O5. The number of urea groups is 1. The third-order valence-electron chi connectivity index (χ3n) is 4.23. The molecule has 5 N–H and O–H groups in total. The van der Waals surface area contributed by atoms with Gasteiger partial charge >= 0.3 is 6.03 Å². The van der Waals surface area contributed by atoms with Crippen LogP contribution < -0.4 is 21.7 Å². The third kappa shape index (κ3) is 15.6. The summed E-state index contributed by atoms with van der Waals surface area (Å²) in [5, 5.41) is 9.21. The molecule has 1 atom stereocenters. The number of hydrogen-bond donors (Lipinski definition) is 4. The number of amides is 4. The van der Waals surface area contributed by atoms with Gasteiger partial charge < -0.3 is 26.4 Å². The quantitative estimate of drug-likeness (QED) is 0.150. The molecule has 0 bridgehead atoms. The molecule has 0 rings (SSSR count). The van der Waals surface area contributed by atoms with Crippen LogP contribution in [-0.4, -0.2) is 66.1 Å². The minimum absolute atomic E-state index is 0.0990. The van der Waals surface area contributed by atoms with Gasteiger partial charge in [0.15, 0.2) is 5.78 Å². The van der Waals surface area contributed by atoms with Gasteiger partial charge in [-0.1, -0.05) is 45.2 Å². The van der Waals surface area contributed by atoms with Gasteiger partial charge in [-0.3, -0.25) is 14.4 Å². The highest BCUT2D eigenvalue weighted by Gasteiger charge is 2.19. The number of rotatable bonds is 18. The molecule has 0 aromatic rings. The van der Waals surface area contributed by atoms with E-state index < -0.39 is 18.0 Å². The number of ether oxygens (including phenoxy) is 1. The second-order valence-electron chi connectivity index (χ2n) is 6.76. The van der Waals surface area contributed by atoms with Gasteiger partial charge in [0.25, 0.3) is 0 Å². The van der Waals surface area contributed by atoms with Crippen LogP contribution >= 0.6 is 31.9 Å². The molecule has 174 valence electrons. The number of unbranched alkanes of at least 4 members (excludes halogenated alkanes) is 2. The molecule has 0 aliphatic heterocycles. The van der Waals surface area contributed by atoms with Crippen LogP contribution in [0.1, 0.15) is 51.9 Å². The first-order chi connectivity index (χ1) is 14.3. The molecule has 0 heterocycles. The zero-order valence-electron chi connectivity index (χ0n) is 17.5. The first-order valence-corrected chi connectivity index (χ1v) is 12.4. The summed E-state index contributed by atoms with van der Waals surface area (Å²) in [5.41, 5.74) is 4.99. The Balaban J connectivity index is 4.01. The maximum absolute atomic E-state index is 12.1. The monoisotopic (exact) mass is 556 g/mol. The van der Waals surface area contributed by atoms with Crippen molar-refractivity contribution in [3.05, 3.63) is 0 Å². The topological polar surface area (TPSA) is 140 Å². The fourth-order valence-corrected chi connectivity index (χ4v) is 3.98. The summed E-state index contributed by atoms with van der Waals surface area (Å²) in [7, 11) is 0. The van der Waals surface area contributed by atoms with E-state index in [2.05, 4.69) is 47.8 Å². The van der Waals surface area contributed by atoms with Crippen molar-refractivity contribution in [3.63, 3.8) is 0 Å². The molecule has 0 spiro atoms. The molecule has 30 heavy (non-hydrogen) atoms.